The first-order valence-corrected chi connectivity index (χ1v) is 16.2. The topological polar surface area (TPSA) is 23.8 Å². The van der Waals surface area contributed by atoms with Crippen LogP contribution in [0.2, 0.25) is 13.3 Å². The van der Waals surface area contributed by atoms with Gasteiger partial charge < -0.3 is 0 Å². The second kappa shape index (κ2) is 12.7. The third kappa shape index (κ3) is 7.72. The van der Waals surface area contributed by atoms with Crippen molar-refractivity contribution in [2.45, 2.75) is 91.9 Å². The van der Waals surface area contributed by atoms with Crippen LogP contribution in [0.15, 0.2) is 10.2 Å². The Labute approximate surface area is 131 Å². The molecule has 116 valence electrons. The second-order valence-electron chi connectivity index (χ2n) is 6.21. The normalized spacial score (nSPS) is 11.3. The van der Waals surface area contributed by atoms with Crippen molar-refractivity contribution >= 4 is 18.4 Å². The third-order valence-electron chi connectivity index (χ3n) is 4.54. The molecule has 0 bridgehead atoms. The molecular formula is C18H35NSn. The van der Waals surface area contributed by atoms with E-state index < -0.39 is 18.4 Å². The maximum atomic E-state index is 8.74. The van der Waals surface area contributed by atoms with Crippen molar-refractivity contribution in [2.75, 3.05) is 0 Å². The molecule has 20 heavy (non-hydrogen) atoms. The monoisotopic (exact) mass is 385 g/mol. The molecule has 0 amide bonds. The fraction of sp³-hybridized carbons (Fsp3) is 0.833. The van der Waals surface area contributed by atoms with E-state index in [1.54, 1.807) is 3.59 Å². The Hall–Kier alpha value is 0.0287. The van der Waals surface area contributed by atoms with Gasteiger partial charge in [0.2, 0.25) is 0 Å². The molecule has 0 rings (SSSR count). The molecule has 2 heteroatoms. The average Bonchev–Trinajstić information content (AvgIpc) is 2.47. The zero-order chi connectivity index (χ0) is 15.3. The molecule has 0 aromatic heterocycles. The van der Waals surface area contributed by atoms with Crippen LogP contribution in [-0.4, -0.2) is 18.4 Å². The van der Waals surface area contributed by atoms with Gasteiger partial charge in [0.25, 0.3) is 0 Å². The molecule has 0 aromatic rings. The Morgan fingerprint density at radius 2 is 1.35 bits per heavy atom. The van der Waals surface area contributed by atoms with Crippen LogP contribution in [-0.2, 0) is 0 Å². The van der Waals surface area contributed by atoms with Crippen molar-refractivity contribution in [3.8, 4) is 6.07 Å². The van der Waals surface area contributed by atoms with E-state index in [2.05, 4.69) is 33.4 Å². The SMILES string of the molecule is C=[C](CCCC#N)[Sn]([CH2]CCC)([CH2]CCC)[CH2]CCC. The molecule has 0 N–H and O–H groups in total. The minimum absolute atomic E-state index is 0.705. The standard InChI is InChI=1S/C6H8N.3C4H9.Sn/c1-2-3-4-5-6-7;3*1-3-4-2;/h1,3-5H2;3*1,3-4H2,2H3;. The zero-order valence-electron chi connectivity index (χ0n) is 14.1. The molecule has 0 radical (unpaired) electrons. The van der Waals surface area contributed by atoms with Gasteiger partial charge in [0.1, 0.15) is 0 Å². The van der Waals surface area contributed by atoms with Gasteiger partial charge >= 0.3 is 132 Å². The van der Waals surface area contributed by atoms with E-state index in [9.17, 15) is 0 Å². The van der Waals surface area contributed by atoms with Crippen LogP contribution in [0.25, 0.3) is 0 Å². The molecule has 0 atom stereocenters. The molecule has 0 aliphatic rings. The predicted octanol–water partition coefficient (Wildman–Crippen LogP) is 6.62. The van der Waals surface area contributed by atoms with Crippen LogP contribution >= 0.6 is 0 Å². The van der Waals surface area contributed by atoms with E-state index in [0.29, 0.717) is 6.42 Å². The van der Waals surface area contributed by atoms with E-state index in [-0.39, 0.29) is 0 Å². The molecule has 0 unspecified atom stereocenters. The molecule has 0 aliphatic heterocycles. The van der Waals surface area contributed by atoms with Gasteiger partial charge in [-0.05, 0) is 0 Å². The van der Waals surface area contributed by atoms with Crippen LogP contribution in [0.3, 0.4) is 0 Å². The van der Waals surface area contributed by atoms with Gasteiger partial charge in [-0.1, -0.05) is 0 Å². The van der Waals surface area contributed by atoms with E-state index in [1.807, 2.05) is 0 Å². The van der Waals surface area contributed by atoms with Crippen molar-refractivity contribution in [1.82, 2.24) is 0 Å². The van der Waals surface area contributed by atoms with Gasteiger partial charge in [-0.25, -0.2) is 0 Å². The summed E-state index contributed by atoms with van der Waals surface area (Å²) in [5.41, 5.74) is 0. The minimum atomic E-state index is -2.17. The van der Waals surface area contributed by atoms with E-state index in [0.717, 1.165) is 12.8 Å². The summed E-state index contributed by atoms with van der Waals surface area (Å²) in [5, 5.41) is 8.74. The Balaban J connectivity index is 4.81. The van der Waals surface area contributed by atoms with Crippen molar-refractivity contribution in [1.29, 1.82) is 5.26 Å². The Bertz CT molecular complexity index is 269. The van der Waals surface area contributed by atoms with Gasteiger partial charge in [0, 0.05) is 0 Å². The summed E-state index contributed by atoms with van der Waals surface area (Å²) in [6.07, 6.45) is 11.1. The molecule has 0 aromatic carbocycles. The van der Waals surface area contributed by atoms with E-state index in [1.165, 1.54) is 51.8 Å². The van der Waals surface area contributed by atoms with Gasteiger partial charge in [-0.15, -0.1) is 0 Å². The van der Waals surface area contributed by atoms with Gasteiger partial charge in [0.15, 0.2) is 0 Å². The molecular weight excluding hydrogens is 349 g/mol. The maximum absolute atomic E-state index is 8.74. The number of hydrogen-bond donors (Lipinski definition) is 0. The number of nitriles is 1. The first kappa shape index (κ1) is 20.0. The first-order chi connectivity index (χ1) is 9.66. The molecule has 1 nitrogen and oxygen atoms in total. The van der Waals surface area contributed by atoms with Crippen LogP contribution < -0.4 is 0 Å². The van der Waals surface area contributed by atoms with Crippen molar-refractivity contribution < 1.29 is 0 Å². The van der Waals surface area contributed by atoms with Crippen molar-refractivity contribution in [3.05, 3.63) is 10.2 Å². The van der Waals surface area contributed by atoms with Crippen LogP contribution in [0.1, 0.15) is 78.6 Å². The number of nitrogens with zero attached hydrogens (tertiary/aromatic N) is 1. The quantitative estimate of drug-likeness (QED) is 0.258. The first-order valence-electron chi connectivity index (χ1n) is 8.72. The van der Waals surface area contributed by atoms with Crippen LogP contribution in [0.4, 0.5) is 0 Å². The molecule has 0 fully saturated rings. The Kier molecular flexibility index (Phi) is 12.8. The fourth-order valence-electron chi connectivity index (χ4n) is 3.10. The average molecular weight is 384 g/mol. The number of unbranched alkanes of at least 4 members (excludes halogenated alkanes) is 4. The Morgan fingerprint density at radius 3 is 1.70 bits per heavy atom. The number of hydrogen-bond acceptors (Lipinski definition) is 1. The van der Waals surface area contributed by atoms with Gasteiger partial charge in [-0.3, -0.25) is 0 Å². The fourth-order valence-corrected chi connectivity index (χ4v) is 19.1. The van der Waals surface area contributed by atoms with Crippen molar-refractivity contribution in [3.63, 3.8) is 0 Å². The summed E-state index contributed by atoms with van der Waals surface area (Å²) in [7, 11) is 0. The summed E-state index contributed by atoms with van der Waals surface area (Å²) in [4.78, 5) is 0. The van der Waals surface area contributed by atoms with Crippen molar-refractivity contribution in [2.24, 2.45) is 0 Å². The van der Waals surface area contributed by atoms with E-state index in [4.69, 9.17) is 5.26 Å². The Morgan fingerprint density at radius 1 is 0.900 bits per heavy atom. The summed E-state index contributed by atoms with van der Waals surface area (Å²) in [6.45, 7) is 11.5. The number of rotatable bonds is 13. The van der Waals surface area contributed by atoms with Gasteiger partial charge in [-0.2, -0.15) is 0 Å². The predicted molar refractivity (Wildman–Crippen MR) is 93.5 cm³/mol. The molecule has 0 saturated heterocycles. The van der Waals surface area contributed by atoms with Crippen LogP contribution in [0.5, 0.6) is 0 Å². The molecule has 0 spiro atoms. The summed E-state index contributed by atoms with van der Waals surface area (Å²) >= 11 is -2.17. The molecule has 0 aliphatic carbocycles. The summed E-state index contributed by atoms with van der Waals surface area (Å²) < 4.78 is 6.17. The van der Waals surface area contributed by atoms with E-state index >= 15 is 0 Å². The third-order valence-corrected chi connectivity index (χ3v) is 20.8. The summed E-state index contributed by atoms with van der Waals surface area (Å²) in [5.74, 6) is 0. The van der Waals surface area contributed by atoms with Gasteiger partial charge in [0.05, 0.1) is 0 Å². The van der Waals surface area contributed by atoms with Crippen LogP contribution in [0, 0.1) is 11.3 Å². The summed E-state index contributed by atoms with van der Waals surface area (Å²) in [6, 6.07) is 2.29. The zero-order valence-corrected chi connectivity index (χ0v) is 17.0. The second-order valence-corrected chi connectivity index (χ2v) is 19.8. The molecule has 0 heterocycles. The number of allylic oxidation sites excluding steroid dienone is 1. The molecule has 0 saturated carbocycles.